The van der Waals surface area contributed by atoms with Gasteiger partial charge in [0, 0.05) is 24.0 Å². The van der Waals surface area contributed by atoms with E-state index >= 15 is 0 Å². The van der Waals surface area contributed by atoms with Crippen molar-refractivity contribution in [2.75, 3.05) is 11.9 Å². The molecule has 154 valence electrons. The molecule has 6 nitrogen and oxygen atoms in total. The molecular weight excluding hydrogens is 364 g/mol. The first-order chi connectivity index (χ1) is 13.9. The first kappa shape index (κ1) is 20.8. The maximum Gasteiger partial charge on any atom is 0.255 e. The fraction of sp³-hybridized carbons (Fsp3) is 0.435. The SMILES string of the molecule is Cc1cc(C)cc(Nc2nc(C)cc(=O)n2CC(=O)NCCC2=CCCCC2)c1. The minimum atomic E-state index is -0.241. The molecule has 1 aliphatic carbocycles. The molecule has 2 N–H and O–H groups in total. The van der Waals surface area contributed by atoms with E-state index in [0.717, 1.165) is 36.1 Å². The van der Waals surface area contributed by atoms with Gasteiger partial charge in [-0.25, -0.2) is 4.98 Å². The van der Waals surface area contributed by atoms with Crippen molar-refractivity contribution in [2.24, 2.45) is 0 Å². The molecule has 1 amide bonds. The Labute approximate surface area is 172 Å². The quantitative estimate of drug-likeness (QED) is 0.698. The number of rotatable bonds is 7. The normalized spacial score (nSPS) is 13.7. The molecule has 1 heterocycles. The molecule has 0 unspecified atom stereocenters. The summed E-state index contributed by atoms with van der Waals surface area (Å²) in [5.74, 6) is 0.197. The van der Waals surface area contributed by atoms with Gasteiger partial charge in [0.25, 0.3) is 5.56 Å². The summed E-state index contributed by atoms with van der Waals surface area (Å²) < 4.78 is 1.39. The smallest absolute Gasteiger partial charge is 0.255 e. The number of carbonyl (C=O) groups excluding carboxylic acids is 1. The molecule has 1 aromatic carbocycles. The van der Waals surface area contributed by atoms with Crippen LogP contribution < -0.4 is 16.2 Å². The van der Waals surface area contributed by atoms with Crippen LogP contribution in [-0.4, -0.2) is 22.0 Å². The Morgan fingerprint density at radius 1 is 1.10 bits per heavy atom. The van der Waals surface area contributed by atoms with Gasteiger partial charge in [-0.15, -0.1) is 0 Å². The summed E-state index contributed by atoms with van der Waals surface area (Å²) in [6.07, 6.45) is 7.92. The molecule has 0 atom stereocenters. The number of allylic oxidation sites excluding steroid dienone is 1. The summed E-state index contributed by atoms with van der Waals surface area (Å²) in [4.78, 5) is 29.5. The number of amides is 1. The average molecular weight is 395 g/mol. The lowest BCUT2D eigenvalue weighted by Gasteiger charge is -2.16. The fourth-order valence-corrected chi connectivity index (χ4v) is 3.74. The highest BCUT2D eigenvalue weighted by Crippen LogP contribution is 2.20. The van der Waals surface area contributed by atoms with Gasteiger partial charge in [-0.05, 0) is 76.1 Å². The van der Waals surface area contributed by atoms with Gasteiger partial charge in [-0.1, -0.05) is 17.7 Å². The second-order valence-electron chi connectivity index (χ2n) is 7.86. The van der Waals surface area contributed by atoms with Crippen molar-refractivity contribution in [3.05, 3.63) is 63.1 Å². The van der Waals surface area contributed by atoms with E-state index in [1.54, 1.807) is 6.92 Å². The molecule has 0 saturated heterocycles. The number of carbonyl (C=O) groups is 1. The topological polar surface area (TPSA) is 76.0 Å². The van der Waals surface area contributed by atoms with Crippen molar-refractivity contribution < 1.29 is 4.79 Å². The van der Waals surface area contributed by atoms with Crippen LogP contribution in [0.4, 0.5) is 11.6 Å². The van der Waals surface area contributed by atoms with E-state index < -0.39 is 0 Å². The Bertz CT molecular complexity index is 955. The molecule has 3 rings (SSSR count). The van der Waals surface area contributed by atoms with Crippen LogP contribution in [0.3, 0.4) is 0 Å². The van der Waals surface area contributed by atoms with Gasteiger partial charge < -0.3 is 10.6 Å². The molecule has 0 saturated carbocycles. The fourth-order valence-electron chi connectivity index (χ4n) is 3.74. The van der Waals surface area contributed by atoms with E-state index in [-0.39, 0.29) is 18.0 Å². The van der Waals surface area contributed by atoms with Crippen molar-refractivity contribution in [2.45, 2.75) is 59.4 Å². The zero-order valence-corrected chi connectivity index (χ0v) is 17.5. The van der Waals surface area contributed by atoms with Crippen LogP contribution in [-0.2, 0) is 11.3 Å². The minimum Gasteiger partial charge on any atom is -0.354 e. The molecular formula is C23H30N4O2. The van der Waals surface area contributed by atoms with E-state index in [4.69, 9.17) is 0 Å². The summed E-state index contributed by atoms with van der Waals surface area (Å²) in [5.41, 5.74) is 4.87. The maximum absolute atomic E-state index is 12.5. The predicted octanol–water partition coefficient (Wildman–Crippen LogP) is 3.92. The van der Waals surface area contributed by atoms with Gasteiger partial charge in [0.2, 0.25) is 11.9 Å². The van der Waals surface area contributed by atoms with Crippen LogP contribution in [0.25, 0.3) is 0 Å². The van der Waals surface area contributed by atoms with Crippen LogP contribution in [0.1, 0.15) is 48.9 Å². The molecule has 0 bridgehead atoms. The molecule has 0 radical (unpaired) electrons. The molecule has 6 heteroatoms. The Hall–Kier alpha value is -2.89. The Morgan fingerprint density at radius 3 is 2.55 bits per heavy atom. The van der Waals surface area contributed by atoms with Crippen LogP contribution in [0.15, 0.2) is 40.7 Å². The zero-order valence-electron chi connectivity index (χ0n) is 17.5. The second-order valence-corrected chi connectivity index (χ2v) is 7.86. The number of anilines is 2. The van der Waals surface area contributed by atoms with Crippen LogP contribution in [0.5, 0.6) is 0 Å². The predicted molar refractivity (Wildman–Crippen MR) is 117 cm³/mol. The third-order valence-electron chi connectivity index (χ3n) is 5.07. The van der Waals surface area contributed by atoms with Crippen LogP contribution >= 0.6 is 0 Å². The van der Waals surface area contributed by atoms with Gasteiger partial charge in [-0.2, -0.15) is 0 Å². The summed E-state index contributed by atoms with van der Waals surface area (Å²) in [5, 5.41) is 6.15. The van der Waals surface area contributed by atoms with E-state index in [2.05, 4.69) is 27.8 Å². The largest absolute Gasteiger partial charge is 0.354 e. The lowest BCUT2D eigenvalue weighted by molar-refractivity contribution is -0.121. The van der Waals surface area contributed by atoms with Crippen molar-refractivity contribution in [1.29, 1.82) is 0 Å². The van der Waals surface area contributed by atoms with Crippen molar-refractivity contribution in [3.8, 4) is 0 Å². The first-order valence-corrected chi connectivity index (χ1v) is 10.3. The van der Waals surface area contributed by atoms with Gasteiger partial charge >= 0.3 is 0 Å². The van der Waals surface area contributed by atoms with Crippen molar-refractivity contribution in [1.82, 2.24) is 14.9 Å². The number of aryl methyl sites for hydroxylation is 3. The summed E-state index contributed by atoms with van der Waals surface area (Å²) in [6.45, 7) is 6.35. The summed E-state index contributed by atoms with van der Waals surface area (Å²) >= 11 is 0. The van der Waals surface area contributed by atoms with Gasteiger partial charge in [0.1, 0.15) is 6.54 Å². The molecule has 2 aromatic rings. The number of aromatic nitrogens is 2. The zero-order chi connectivity index (χ0) is 20.8. The molecule has 0 aliphatic heterocycles. The third-order valence-corrected chi connectivity index (χ3v) is 5.07. The molecule has 0 fully saturated rings. The lowest BCUT2D eigenvalue weighted by atomic mass is 9.97. The van der Waals surface area contributed by atoms with E-state index in [1.807, 2.05) is 26.0 Å². The minimum absolute atomic E-state index is 0.0572. The first-order valence-electron chi connectivity index (χ1n) is 10.3. The molecule has 0 spiro atoms. The highest BCUT2D eigenvalue weighted by atomic mass is 16.2. The Kier molecular flexibility index (Phi) is 6.86. The molecule has 1 aromatic heterocycles. The maximum atomic E-state index is 12.5. The number of nitrogens with zero attached hydrogens (tertiary/aromatic N) is 2. The van der Waals surface area contributed by atoms with Crippen LogP contribution in [0.2, 0.25) is 0 Å². The monoisotopic (exact) mass is 394 g/mol. The number of benzene rings is 1. The standard InChI is InChI=1S/C23H30N4O2/c1-16-11-17(2)13-20(12-16)26-23-25-18(3)14-22(29)27(23)15-21(28)24-10-9-19-7-5-4-6-8-19/h7,11-14H,4-6,8-10,15H2,1-3H3,(H,24,28)(H,25,26). The van der Waals surface area contributed by atoms with E-state index in [9.17, 15) is 9.59 Å². The number of hydrogen-bond acceptors (Lipinski definition) is 4. The lowest BCUT2D eigenvalue weighted by Crippen LogP contribution is -2.34. The Morgan fingerprint density at radius 2 is 1.86 bits per heavy atom. The highest BCUT2D eigenvalue weighted by Gasteiger charge is 2.12. The van der Waals surface area contributed by atoms with Gasteiger partial charge in [0.15, 0.2) is 0 Å². The van der Waals surface area contributed by atoms with Gasteiger partial charge in [-0.3, -0.25) is 14.2 Å². The van der Waals surface area contributed by atoms with E-state index in [1.165, 1.54) is 29.0 Å². The number of nitrogens with one attached hydrogen (secondary N) is 2. The second kappa shape index (κ2) is 9.54. The highest BCUT2D eigenvalue weighted by molar-refractivity contribution is 5.76. The van der Waals surface area contributed by atoms with E-state index in [0.29, 0.717) is 18.2 Å². The Balaban J connectivity index is 1.70. The molecule has 29 heavy (non-hydrogen) atoms. The summed E-state index contributed by atoms with van der Waals surface area (Å²) in [7, 11) is 0. The third kappa shape index (κ3) is 6.04. The van der Waals surface area contributed by atoms with Crippen molar-refractivity contribution in [3.63, 3.8) is 0 Å². The van der Waals surface area contributed by atoms with Crippen molar-refractivity contribution >= 4 is 17.5 Å². The van der Waals surface area contributed by atoms with Crippen LogP contribution in [0, 0.1) is 20.8 Å². The number of hydrogen-bond donors (Lipinski definition) is 2. The molecule has 1 aliphatic rings. The van der Waals surface area contributed by atoms with Gasteiger partial charge in [0.05, 0.1) is 0 Å². The average Bonchev–Trinajstić information content (AvgIpc) is 2.64. The summed E-state index contributed by atoms with van der Waals surface area (Å²) in [6, 6.07) is 7.51.